The fraction of sp³-hybridized carbons (Fsp3) is 0.348. The smallest absolute Gasteiger partial charge is 0.248 e. The first-order chi connectivity index (χ1) is 14.9. The van der Waals surface area contributed by atoms with Crippen molar-refractivity contribution in [3.63, 3.8) is 0 Å². The Morgan fingerprint density at radius 1 is 0.968 bits per heavy atom. The van der Waals surface area contributed by atoms with Gasteiger partial charge in [0.05, 0.1) is 12.6 Å². The zero-order valence-corrected chi connectivity index (χ0v) is 17.7. The van der Waals surface area contributed by atoms with Gasteiger partial charge in [0, 0.05) is 44.0 Å². The number of amides is 3. The molecule has 1 saturated heterocycles. The largest absolute Gasteiger partial charge is 0.366 e. The molecule has 4 N–H and O–H groups in total. The Labute approximate surface area is 182 Å². The summed E-state index contributed by atoms with van der Waals surface area (Å²) in [6, 6.07) is 16.0. The molecule has 1 atom stereocenters. The first-order valence-corrected chi connectivity index (χ1v) is 10.4. The van der Waals surface area contributed by atoms with Crippen LogP contribution in [0.25, 0.3) is 0 Å². The Bertz CT molecular complexity index is 893. The van der Waals surface area contributed by atoms with Crippen molar-refractivity contribution in [3.8, 4) is 0 Å². The molecule has 3 rings (SSSR count). The monoisotopic (exact) mass is 423 g/mol. The Balaban J connectivity index is 1.40. The molecule has 0 bridgehead atoms. The zero-order chi connectivity index (χ0) is 22.2. The van der Waals surface area contributed by atoms with E-state index in [1.165, 1.54) is 0 Å². The third kappa shape index (κ3) is 6.63. The number of carbonyl (C=O) groups is 3. The van der Waals surface area contributed by atoms with Crippen LogP contribution >= 0.6 is 0 Å². The number of nitrogens with two attached hydrogens (primary N) is 1. The fourth-order valence-electron chi connectivity index (χ4n) is 3.49. The van der Waals surface area contributed by atoms with Crippen LogP contribution in [0.1, 0.15) is 22.8 Å². The van der Waals surface area contributed by atoms with Crippen molar-refractivity contribution in [3.05, 3.63) is 65.7 Å². The average Bonchev–Trinajstić information content (AvgIpc) is 2.79. The highest BCUT2D eigenvalue weighted by atomic mass is 16.2. The normalized spacial score (nSPS) is 15.8. The van der Waals surface area contributed by atoms with E-state index in [1.54, 1.807) is 24.3 Å². The van der Waals surface area contributed by atoms with Crippen molar-refractivity contribution in [2.75, 3.05) is 38.0 Å². The predicted octanol–water partition coefficient (Wildman–Crippen LogP) is 1.05. The lowest BCUT2D eigenvalue weighted by Gasteiger charge is -2.37. The highest BCUT2D eigenvalue weighted by Crippen LogP contribution is 2.12. The second-order valence-corrected chi connectivity index (χ2v) is 7.68. The van der Waals surface area contributed by atoms with Crippen molar-refractivity contribution >= 4 is 23.4 Å². The van der Waals surface area contributed by atoms with E-state index < -0.39 is 5.91 Å². The van der Waals surface area contributed by atoms with E-state index in [4.69, 9.17) is 5.73 Å². The molecule has 31 heavy (non-hydrogen) atoms. The minimum Gasteiger partial charge on any atom is -0.366 e. The number of primary amides is 1. The third-order valence-corrected chi connectivity index (χ3v) is 5.47. The molecule has 0 saturated carbocycles. The molecule has 1 fully saturated rings. The Kier molecular flexibility index (Phi) is 7.75. The molecule has 0 radical (unpaired) electrons. The van der Waals surface area contributed by atoms with Gasteiger partial charge in [-0.15, -0.1) is 0 Å². The lowest BCUT2D eigenvalue weighted by atomic mass is 10.1. The third-order valence-electron chi connectivity index (χ3n) is 5.47. The van der Waals surface area contributed by atoms with E-state index in [9.17, 15) is 14.4 Å². The highest BCUT2D eigenvalue weighted by molar-refractivity contribution is 5.96. The van der Waals surface area contributed by atoms with Crippen LogP contribution < -0.4 is 16.4 Å². The maximum absolute atomic E-state index is 12.6. The van der Waals surface area contributed by atoms with Crippen LogP contribution in [0, 0.1) is 0 Å². The van der Waals surface area contributed by atoms with Crippen molar-refractivity contribution in [2.24, 2.45) is 5.73 Å². The molecular weight excluding hydrogens is 394 g/mol. The number of nitrogens with one attached hydrogen (secondary N) is 2. The van der Waals surface area contributed by atoms with E-state index >= 15 is 0 Å². The first-order valence-electron chi connectivity index (χ1n) is 10.4. The van der Waals surface area contributed by atoms with Crippen molar-refractivity contribution in [1.29, 1.82) is 0 Å². The number of benzene rings is 2. The topological polar surface area (TPSA) is 108 Å². The quantitative estimate of drug-likeness (QED) is 0.588. The van der Waals surface area contributed by atoms with Gasteiger partial charge < -0.3 is 16.4 Å². The van der Waals surface area contributed by atoms with Gasteiger partial charge in [-0.1, -0.05) is 30.3 Å². The SMILES string of the molecule is CC(C(=O)Nc1ccc(C(N)=O)cc1)N1CCN(CC(=O)NCc2ccccc2)CC1. The number of rotatable bonds is 8. The Morgan fingerprint density at radius 2 is 1.61 bits per heavy atom. The average molecular weight is 424 g/mol. The molecule has 1 unspecified atom stereocenters. The minimum absolute atomic E-state index is 0.00232. The van der Waals surface area contributed by atoms with Crippen LogP contribution in [0.3, 0.4) is 0 Å². The molecule has 1 heterocycles. The zero-order valence-electron chi connectivity index (χ0n) is 17.7. The van der Waals surface area contributed by atoms with E-state index in [1.807, 2.05) is 37.3 Å². The van der Waals surface area contributed by atoms with Gasteiger partial charge in [0.15, 0.2) is 0 Å². The summed E-state index contributed by atoms with van der Waals surface area (Å²) < 4.78 is 0. The van der Waals surface area contributed by atoms with Gasteiger partial charge in [-0.3, -0.25) is 24.2 Å². The summed E-state index contributed by atoms with van der Waals surface area (Å²) in [6.45, 7) is 5.62. The predicted molar refractivity (Wildman–Crippen MR) is 119 cm³/mol. The van der Waals surface area contributed by atoms with Gasteiger partial charge in [-0.25, -0.2) is 0 Å². The van der Waals surface area contributed by atoms with E-state index in [-0.39, 0.29) is 17.9 Å². The molecule has 0 aromatic heterocycles. The summed E-state index contributed by atoms with van der Waals surface area (Å²) in [4.78, 5) is 40.2. The summed E-state index contributed by atoms with van der Waals surface area (Å²) >= 11 is 0. The minimum atomic E-state index is -0.502. The van der Waals surface area contributed by atoms with Gasteiger partial charge in [-0.05, 0) is 36.8 Å². The van der Waals surface area contributed by atoms with Crippen LogP contribution in [0.15, 0.2) is 54.6 Å². The van der Waals surface area contributed by atoms with Gasteiger partial charge in [0.25, 0.3) is 0 Å². The van der Waals surface area contributed by atoms with E-state index in [0.717, 1.165) is 18.7 Å². The molecule has 0 spiro atoms. The second kappa shape index (κ2) is 10.7. The number of carbonyl (C=O) groups excluding carboxylic acids is 3. The summed E-state index contributed by atoms with van der Waals surface area (Å²) in [6.07, 6.45) is 0. The van der Waals surface area contributed by atoms with Crippen LogP contribution in [-0.4, -0.2) is 66.3 Å². The molecule has 164 valence electrons. The summed E-state index contributed by atoms with van der Waals surface area (Å²) in [7, 11) is 0. The molecule has 8 nitrogen and oxygen atoms in total. The maximum Gasteiger partial charge on any atom is 0.248 e. The molecule has 1 aliphatic rings. The number of piperazine rings is 1. The summed E-state index contributed by atoms with van der Waals surface area (Å²) in [5.74, 6) is -0.610. The standard InChI is InChI=1S/C23H29N5O3/c1-17(23(31)26-20-9-7-19(8-10-20)22(24)30)28-13-11-27(12-14-28)16-21(29)25-15-18-5-3-2-4-6-18/h2-10,17H,11-16H2,1H3,(H2,24,30)(H,25,29)(H,26,31). The van der Waals surface area contributed by atoms with Crippen LogP contribution in [0.2, 0.25) is 0 Å². The van der Waals surface area contributed by atoms with Crippen molar-refractivity contribution in [1.82, 2.24) is 15.1 Å². The summed E-state index contributed by atoms with van der Waals surface area (Å²) in [5.41, 5.74) is 7.33. The van der Waals surface area contributed by atoms with Gasteiger partial charge in [-0.2, -0.15) is 0 Å². The van der Waals surface area contributed by atoms with Crippen LogP contribution in [0.4, 0.5) is 5.69 Å². The van der Waals surface area contributed by atoms with E-state index in [2.05, 4.69) is 20.4 Å². The molecule has 3 amide bonds. The molecular formula is C23H29N5O3. The Morgan fingerprint density at radius 3 is 2.23 bits per heavy atom. The van der Waals surface area contributed by atoms with Gasteiger partial charge in [0.1, 0.15) is 0 Å². The van der Waals surface area contributed by atoms with Crippen molar-refractivity contribution in [2.45, 2.75) is 19.5 Å². The number of anilines is 1. The maximum atomic E-state index is 12.6. The molecule has 0 aliphatic carbocycles. The van der Waals surface area contributed by atoms with Crippen molar-refractivity contribution < 1.29 is 14.4 Å². The van der Waals surface area contributed by atoms with Crippen LogP contribution in [-0.2, 0) is 16.1 Å². The lowest BCUT2D eigenvalue weighted by Crippen LogP contribution is -2.54. The highest BCUT2D eigenvalue weighted by Gasteiger charge is 2.26. The number of hydrogen-bond acceptors (Lipinski definition) is 5. The number of hydrogen-bond donors (Lipinski definition) is 3. The van der Waals surface area contributed by atoms with Gasteiger partial charge >= 0.3 is 0 Å². The fourth-order valence-corrected chi connectivity index (χ4v) is 3.49. The molecule has 2 aromatic carbocycles. The molecule has 1 aliphatic heterocycles. The van der Waals surface area contributed by atoms with Crippen LogP contribution in [0.5, 0.6) is 0 Å². The van der Waals surface area contributed by atoms with E-state index in [0.29, 0.717) is 37.4 Å². The van der Waals surface area contributed by atoms with Gasteiger partial charge in [0.2, 0.25) is 17.7 Å². The first kappa shape index (κ1) is 22.5. The lowest BCUT2D eigenvalue weighted by molar-refractivity contribution is -0.124. The second-order valence-electron chi connectivity index (χ2n) is 7.68. The molecule has 8 heteroatoms. The molecule has 2 aromatic rings. The number of nitrogens with zero attached hydrogens (tertiary/aromatic N) is 2. The Hall–Kier alpha value is -3.23. The summed E-state index contributed by atoms with van der Waals surface area (Å²) in [5, 5.41) is 5.82.